The Bertz CT molecular complexity index is 1070. The monoisotopic (exact) mass is 383 g/mol. The smallest absolute Gasteiger partial charge is 0.307 e. The van der Waals surface area contributed by atoms with Gasteiger partial charge in [0, 0.05) is 12.4 Å². The lowest BCUT2D eigenvalue weighted by molar-refractivity contribution is -0.138. The van der Waals surface area contributed by atoms with Crippen molar-refractivity contribution < 1.29 is 21.6 Å². The third kappa shape index (κ3) is 3.73. The molecule has 0 saturated carbocycles. The van der Waals surface area contributed by atoms with Gasteiger partial charge in [-0.1, -0.05) is 6.07 Å². The van der Waals surface area contributed by atoms with E-state index < -0.39 is 26.7 Å². The van der Waals surface area contributed by atoms with Crippen LogP contribution in [0, 0.1) is 13.8 Å². The Hall–Kier alpha value is -2.39. The second-order valence-corrected chi connectivity index (χ2v) is 7.77. The number of aryl methyl sites for hydroxylation is 2. The summed E-state index contributed by atoms with van der Waals surface area (Å²) in [4.78, 5) is 3.86. The van der Waals surface area contributed by atoms with Crippen LogP contribution in [-0.4, -0.2) is 17.8 Å². The maximum Gasteiger partial charge on any atom is 0.416 e. The van der Waals surface area contributed by atoms with Crippen LogP contribution in [0.25, 0.3) is 5.65 Å². The van der Waals surface area contributed by atoms with Gasteiger partial charge in [0.1, 0.15) is 5.65 Å². The fourth-order valence-electron chi connectivity index (χ4n) is 2.55. The zero-order valence-electron chi connectivity index (χ0n) is 14.0. The van der Waals surface area contributed by atoms with Gasteiger partial charge in [0.2, 0.25) is 10.0 Å². The second-order valence-electron chi connectivity index (χ2n) is 6.00. The van der Waals surface area contributed by atoms with Crippen molar-refractivity contribution in [3.8, 4) is 0 Å². The van der Waals surface area contributed by atoms with Gasteiger partial charge in [-0.15, -0.1) is 0 Å². The van der Waals surface area contributed by atoms with E-state index in [0.29, 0.717) is 17.4 Å². The molecule has 138 valence electrons. The number of hydrogen-bond donors (Lipinski definition) is 1. The van der Waals surface area contributed by atoms with E-state index in [2.05, 4.69) is 9.71 Å². The molecule has 0 amide bonds. The number of imidazole rings is 1. The summed E-state index contributed by atoms with van der Waals surface area (Å²) in [5, 5.41) is 0. The Balaban J connectivity index is 1.84. The van der Waals surface area contributed by atoms with Crippen LogP contribution >= 0.6 is 0 Å². The van der Waals surface area contributed by atoms with Crippen LogP contribution in [0.4, 0.5) is 13.2 Å². The molecule has 1 aromatic carbocycles. The lowest BCUT2D eigenvalue weighted by atomic mass is 10.1. The molecule has 1 N–H and O–H groups in total. The van der Waals surface area contributed by atoms with Gasteiger partial charge < -0.3 is 4.40 Å². The van der Waals surface area contributed by atoms with Crippen molar-refractivity contribution in [2.45, 2.75) is 31.5 Å². The molecule has 0 fully saturated rings. The van der Waals surface area contributed by atoms with Crippen LogP contribution in [0.2, 0.25) is 0 Å². The van der Waals surface area contributed by atoms with Crippen molar-refractivity contribution in [2.75, 3.05) is 0 Å². The van der Waals surface area contributed by atoms with Gasteiger partial charge >= 0.3 is 6.18 Å². The summed E-state index contributed by atoms with van der Waals surface area (Å²) >= 11 is 0. The quantitative estimate of drug-likeness (QED) is 0.751. The fourth-order valence-corrected chi connectivity index (χ4v) is 3.57. The average molecular weight is 383 g/mol. The number of sulfonamides is 1. The van der Waals surface area contributed by atoms with Gasteiger partial charge in [0.25, 0.3) is 0 Å². The number of rotatable bonds is 4. The second kappa shape index (κ2) is 6.40. The topological polar surface area (TPSA) is 63.5 Å². The van der Waals surface area contributed by atoms with Crippen LogP contribution in [0.15, 0.2) is 47.6 Å². The Morgan fingerprint density at radius 2 is 1.88 bits per heavy atom. The standard InChI is InChI=1S/C17H16F3N3O2S/c1-11-5-6-23-10-13(22-16(23)7-11)9-21-26(24,25)14-4-3-12(2)15(8-14)17(18,19)20/h3-8,10,21H,9H2,1-2H3. The fraction of sp³-hybridized carbons (Fsp3) is 0.235. The van der Waals surface area contributed by atoms with Gasteiger partial charge in [0.05, 0.1) is 22.7 Å². The summed E-state index contributed by atoms with van der Waals surface area (Å²) in [6.45, 7) is 3.07. The number of nitrogens with one attached hydrogen (secondary N) is 1. The van der Waals surface area contributed by atoms with E-state index in [1.165, 1.54) is 6.92 Å². The SMILES string of the molecule is Cc1ccn2cc(CNS(=O)(=O)c3ccc(C)c(C(F)(F)F)c3)nc2c1. The van der Waals surface area contributed by atoms with Gasteiger partial charge in [-0.2, -0.15) is 13.2 Å². The Morgan fingerprint density at radius 1 is 1.15 bits per heavy atom. The molecule has 0 spiro atoms. The minimum absolute atomic E-state index is 0.0350. The largest absolute Gasteiger partial charge is 0.416 e. The Labute approximate surface area is 148 Å². The molecular formula is C17H16F3N3O2S. The maximum absolute atomic E-state index is 13.0. The zero-order chi connectivity index (χ0) is 19.1. The Morgan fingerprint density at radius 3 is 2.58 bits per heavy atom. The molecule has 2 heterocycles. The first-order valence-corrected chi connectivity index (χ1v) is 9.16. The van der Waals surface area contributed by atoms with Gasteiger partial charge in [0.15, 0.2) is 0 Å². The maximum atomic E-state index is 13.0. The first kappa shape index (κ1) is 18.4. The van der Waals surface area contributed by atoms with Crippen molar-refractivity contribution in [3.05, 3.63) is 65.1 Å². The van der Waals surface area contributed by atoms with E-state index in [-0.39, 0.29) is 12.1 Å². The number of halogens is 3. The van der Waals surface area contributed by atoms with E-state index in [4.69, 9.17) is 0 Å². The van der Waals surface area contributed by atoms with Crippen molar-refractivity contribution in [1.82, 2.24) is 14.1 Å². The molecule has 0 saturated heterocycles. The lowest BCUT2D eigenvalue weighted by Gasteiger charge is -2.12. The lowest BCUT2D eigenvalue weighted by Crippen LogP contribution is -2.24. The number of pyridine rings is 1. The van der Waals surface area contributed by atoms with Crippen molar-refractivity contribution >= 4 is 15.7 Å². The molecule has 0 aliphatic heterocycles. The van der Waals surface area contributed by atoms with Gasteiger partial charge in [-0.3, -0.25) is 0 Å². The van der Waals surface area contributed by atoms with Crippen molar-refractivity contribution in [2.24, 2.45) is 0 Å². The molecule has 0 aliphatic carbocycles. The molecule has 0 aliphatic rings. The van der Waals surface area contributed by atoms with E-state index in [1.807, 2.05) is 19.1 Å². The number of aromatic nitrogens is 2. The molecular weight excluding hydrogens is 367 g/mol. The van der Waals surface area contributed by atoms with Gasteiger partial charge in [-0.25, -0.2) is 18.1 Å². The Kier molecular flexibility index (Phi) is 4.53. The molecule has 2 aromatic heterocycles. The van der Waals surface area contributed by atoms with E-state index >= 15 is 0 Å². The van der Waals surface area contributed by atoms with E-state index in [1.54, 1.807) is 16.8 Å². The number of fused-ring (bicyclic) bond motifs is 1. The van der Waals surface area contributed by atoms with Crippen molar-refractivity contribution in [1.29, 1.82) is 0 Å². The predicted molar refractivity (Wildman–Crippen MR) is 90.1 cm³/mol. The minimum Gasteiger partial charge on any atom is -0.307 e. The molecule has 3 aromatic rings. The van der Waals surface area contributed by atoms with Crippen LogP contribution in [-0.2, 0) is 22.7 Å². The molecule has 0 bridgehead atoms. The number of nitrogens with zero attached hydrogens (tertiary/aromatic N) is 2. The zero-order valence-corrected chi connectivity index (χ0v) is 14.8. The normalized spacial score (nSPS) is 12.7. The number of alkyl halides is 3. The average Bonchev–Trinajstić information content (AvgIpc) is 2.94. The summed E-state index contributed by atoms with van der Waals surface area (Å²) in [6.07, 6.45) is -1.16. The van der Waals surface area contributed by atoms with E-state index in [0.717, 1.165) is 17.7 Å². The highest BCUT2D eigenvalue weighted by Crippen LogP contribution is 2.33. The van der Waals surface area contributed by atoms with Crippen LogP contribution in [0.1, 0.15) is 22.4 Å². The first-order chi connectivity index (χ1) is 12.1. The third-order valence-electron chi connectivity index (χ3n) is 3.93. The molecule has 9 heteroatoms. The molecule has 0 atom stereocenters. The van der Waals surface area contributed by atoms with E-state index in [9.17, 15) is 21.6 Å². The molecule has 3 rings (SSSR count). The van der Waals surface area contributed by atoms with Gasteiger partial charge in [-0.05, 0) is 49.2 Å². The summed E-state index contributed by atoms with van der Waals surface area (Å²) in [7, 11) is -4.10. The van der Waals surface area contributed by atoms with Crippen LogP contribution < -0.4 is 4.72 Å². The molecule has 26 heavy (non-hydrogen) atoms. The molecule has 5 nitrogen and oxygen atoms in total. The highest BCUT2D eigenvalue weighted by molar-refractivity contribution is 7.89. The first-order valence-electron chi connectivity index (χ1n) is 7.68. The molecule has 0 radical (unpaired) electrons. The van der Waals surface area contributed by atoms with Crippen LogP contribution in [0.3, 0.4) is 0 Å². The number of hydrogen-bond acceptors (Lipinski definition) is 3. The summed E-state index contributed by atoms with van der Waals surface area (Å²) in [6, 6.07) is 6.66. The summed E-state index contributed by atoms with van der Waals surface area (Å²) in [5.41, 5.74) is 1.13. The summed E-state index contributed by atoms with van der Waals surface area (Å²) < 4.78 is 67.7. The highest BCUT2D eigenvalue weighted by Gasteiger charge is 2.33. The highest BCUT2D eigenvalue weighted by atomic mass is 32.2. The van der Waals surface area contributed by atoms with Crippen molar-refractivity contribution in [3.63, 3.8) is 0 Å². The third-order valence-corrected chi connectivity index (χ3v) is 5.33. The minimum atomic E-state index is -4.62. The molecule has 0 unspecified atom stereocenters. The van der Waals surface area contributed by atoms with Crippen LogP contribution in [0.5, 0.6) is 0 Å². The summed E-state index contributed by atoms with van der Waals surface area (Å²) in [5.74, 6) is 0. The number of benzene rings is 1. The predicted octanol–water partition coefficient (Wildman–Crippen LogP) is 3.45.